The summed E-state index contributed by atoms with van der Waals surface area (Å²) in [5.74, 6) is -2.95. The van der Waals surface area contributed by atoms with E-state index >= 15 is 0 Å². The number of nitrogens with one attached hydrogen (secondary N) is 1. The number of rotatable bonds is 7. The largest absolute Gasteiger partial charge is 0.479 e. The van der Waals surface area contributed by atoms with Crippen LogP contribution >= 0.6 is 22.9 Å². The first-order chi connectivity index (χ1) is 15.5. The molecule has 1 aromatic heterocycles. The Labute approximate surface area is 199 Å². The molecule has 0 aliphatic heterocycles. The summed E-state index contributed by atoms with van der Waals surface area (Å²) in [6.07, 6.45) is 0. The van der Waals surface area contributed by atoms with Gasteiger partial charge in [-0.3, -0.25) is 4.79 Å². The van der Waals surface area contributed by atoms with Crippen molar-refractivity contribution < 1.29 is 29.3 Å². The van der Waals surface area contributed by atoms with Gasteiger partial charge in [-0.2, -0.15) is 0 Å². The molecule has 7 nitrogen and oxygen atoms in total. The molecule has 3 N–H and O–H groups in total. The highest BCUT2D eigenvalue weighted by molar-refractivity contribution is 7.18. The van der Waals surface area contributed by atoms with Gasteiger partial charge in [0, 0.05) is 11.3 Å². The first-order valence-corrected chi connectivity index (χ1v) is 11.1. The number of amides is 1. The Hall–Kier alpha value is -3.36. The van der Waals surface area contributed by atoms with Crippen LogP contribution in [0.25, 0.3) is 10.4 Å². The normalized spacial score (nSPS) is 11.2. The number of carboxylic acids is 2. The van der Waals surface area contributed by atoms with Crippen molar-refractivity contribution in [2.45, 2.75) is 26.2 Å². The summed E-state index contributed by atoms with van der Waals surface area (Å²) in [6, 6.07) is 14.1. The van der Waals surface area contributed by atoms with Crippen molar-refractivity contribution in [3.63, 3.8) is 0 Å². The monoisotopic (exact) mass is 487 g/mol. The van der Waals surface area contributed by atoms with Crippen molar-refractivity contribution >= 4 is 46.5 Å². The first-order valence-electron chi connectivity index (χ1n) is 9.90. The fourth-order valence-electron chi connectivity index (χ4n) is 3.02. The average molecular weight is 488 g/mol. The lowest BCUT2D eigenvalue weighted by atomic mass is 9.87. The summed E-state index contributed by atoms with van der Waals surface area (Å²) < 4.78 is 5.09. The third-order valence-electron chi connectivity index (χ3n) is 4.76. The van der Waals surface area contributed by atoms with Crippen molar-refractivity contribution in [3.05, 3.63) is 69.6 Å². The molecule has 33 heavy (non-hydrogen) atoms. The van der Waals surface area contributed by atoms with Crippen molar-refractivity contribution in [3.8, 4) is 16.2 Å². The molecule has 3 aromatic rings. The molecule has 0 saturated heterocycles. The number of carbonyl (C=O) groups excluding carboxylic acids is 1. The molecule has 0 bridgehead atoms. The molecule has 0 saturated carbocycles. The van der Waals surface area contributed by atoms with Gasteiger partial charge in [-0.15, -0.1) is 11.3 Å². The van der Waals surface area contributed by atoms with Crippen molar-refractivity contribution in [1.29, 1.82) is 0 Å². The Morgan fingerprint density at radius 2 is 1.61 bits per heavy atom. The van der Waals surface area contributed by atoms with Gasteiger partial charge in [-0.1, -0.05) is 56.6 Å². The zero-order valence-corrected chi connectivity index (χ0v) is 19.7. The highest BCUT2D eigenvalue weighted by Crippen LogP contribution is 2.45. The summed E-state index contributed by atoms with van der Waals surface area (Å²) in [5, 5.41) is 21.1. The predicted octanol–water partition coefficient (Wildman–Crippen LogP) is 5.78. The Kier molecular flexibility index (Phi) is 7.09. The minimum Gasteiger partial charge on any atom is -0.479 e. The molecular weight excluding hydrogens is 466 g/mol. The Balaban J connectivity index is 1.79. The maximum atomic E-state index is 12.6. The molecule has 1 heterocycles. The molecule has 0 unspecified atom stereocenters. The van der Waals surface area contributed by atoms with Gasteiger partial charge in [0.1, 0.15) is 5.02 Å². The maximum absolute atomic E-state index is 12.6. The second kappa shape index (κ2) is 9.64. The molecular formula is C24H22ClNO6S. The standard InChI is InChI=1S/C24H22ClNO6S/c1-24(2,3)15-8-4-14(5-9-15)22(29)26-16-10-6-13(7-11-16)20-18(25)19(32-12-17(27)28)21(33-20)23(30)31/h4-11H,12H2,1-3H3,(H,26,29)(H,27,28)(H,30,31). The highest BCUT2D eigenvalue weighted by Gasteiger charge is 2.24. The van der Waals surface area contributed by atoms with E-state index in [1.54, 1.807) is 36.4 Å². The molecule has 2 aromatic carbocycles. The summed E-state index contributed by atoms with van der Waals surface area (Å²) in [5.41, 5.74) is 2.80. The average Bonchev–Trinajstić information content (AvgIpc) is 3.08. The minimum atomic E-state index is -1.27. The van der Waals surface area contributed by atoms with Gasteiger partial charge in [0.15, 0.2) is 17.2 Å². The third-order valence-corrected chi connectivity index (χ3v) is 6.44. The first kappa shape index (κ1) is 24.3. The van der Waals surface area contributed by atoms with E-state index in [2.05, 4.69) is 26.1 Å². The van der Waals surface area contributed by atoms with Gasteiger partial charge in [0.05, 0.1) is 4.88 Å². The van der Waals surface area contributed by atoms with E-state index in [-0.39, 0.29) is 27.0 Å². The zero-order chi connectivity index (χ0) is 24.3. The lowest BCUT2D eigenvalue weighted by molar-refractivity contribution is -0.139. The number of hydrogen-bond acceptors (Lipinski definition) is 5. The molecule has 1 amide bonds. The van der Waals surface area contributed by atoms with Crippen molar-refractivity contribution in [2.75, 3.05) is 11.9 Å². The van der Waals surface area contributed by atoms with E-state index in [1.807, 2.05) is 12.1 Å². The van der Waals surface area contributed by atoms with Crippen LogP contribution in [0.4, 0.5) is 5.69 Å². The number of aromatic carboxylic acids is 1. The van der Waals surface area contributed by atoms with Crippen LogP contribution in [0.3, 0.4) is 0 Å². The fourth-order valence-corrected chi connectivity index (χ4v) is 4.43. The van der Waals surface area contributed by atoms with Crippen molar-refractivity contribution in [1.82, 2.24) is 0 Å². The molecule has 0 atom stereocenters. The van der Waals surface area contributed by atoms with E-state index in [1.165, 1.54) is 0 Å². The van der Waals surface area contributed by atoms with Crippen LogP contribution in [0.15, 0.2) is 48.5 Å². The Morgan fingerprint density at radius 1 is 1.00 bits per heavy atom. The third kappa shape index (κ3) is 5.71. The van der Waals surface area contributed by atoms with E-state index in [0.717, 1.165) is 16.9 Å². The summed E-state index contributed by atoms with van der Waals surface area (Å²) in [7, 11) is 0. The summed E-state index contributed by atoms with van der Waals surface area (Å²) >= 11 is 7.18. The van der Waals surface area contributed by atoms with Gasteiger partial charge < -0.3 is 20.3 Å². The zero-order valence-electron chi connectivity index (χ0n) is 18.1. The second-order valence-corrected chi connectivity index (χ2v) is 9.65. The van der Waals surface area contributed by atoms with Gasteiger partial charge in [-0.05, 0) is 40.8 Å². The fraction of sp³-hybridized carbons (Fsp3) is 0.208. The van der Waals surface area contributed by atoms with Gasteiger partial charge in [0.2, 0.25) is 0 Å². The Bertz CT molecular complexity index is 1190. The number of benzene rings is 2. The van der Waals surface area contributed by atoms with Gasteiger partial charge in [0.25, 0.3) is 5.91 Å². The Morgan fingerprint density at radius 3 is 2.12 bits per heavy atom. The quantitative estimate of drug-likeness (QED) is 0.389. The molecule has 0 fully saturated rings. The van der Waals surface area contributed by atoms with Crippen molar-refractivity contribution in [2.24, 2.45) is 0 Å². The van der Waals surface area contributed by atoms with Crippen LogP contribution in [0, 0.1) is 0 Å². The predicted molar refractivity (Wildman–Crippen MR) is 128 cm³/mol. The van der Waals surface area contributed by atoms with Crippen LogP contribution in [-0.2, 0) is 10.2 Å². The van der Waals surface area contributed by atoms with Crippen LogP contribution < -0.4 is 10.1 Å². The molecule has 0 aliphatic rings. The summed E-state index contributed by atoms with van der Waals surface area (Å²) in [6.45, 7) is 5.59. The van der Waals surface area contributed by atoms with Crippen LogP contribution in [0.5, 0.6) is 5.75 Å². The molecule has 0 radical (unpaired) electrons. The van der Waals surface area contributed by atoms with Gasteiger partial charge >= 0.3 is 11.9 Å². The topological polar surface area (TPSA) is 113 Å². The minimum absolute atomic E-state index is 0.00701. The molecule has 0 spiro atoms. The van der Waals surface area contributed by atoms with Crippen LogP contribution in [0.1, 0.15) is 46.4 Å². The number of ether oxygens (including phenoxy) is 1. The lowest BCUT2D eigenvalue weighted by Crippen LogP contribution is -2.14. The van der Waals surface area contributed by atoms with Crippen LogP contribution in [0.2, 0.25) is 5.02 Å². The molecule has 172 valence electrons. The number of halogens is 1. The van der Waals surface area contributed by atoms with Gasteiger partial charge in [-0.25, -0.2) is 9.59 Å². The van der Waals surface area contributed by atoms with E-state index < -0.39 is 18.5 Å². The molecule has 0 aliphatic carbocycles. The number of carbonyl (C=O) groups is 3. The smallest absolute Gasteiger partial charge is 0.349 e. The van der Waals surface area contributed by atoms with Crippen LogP contribution in [-0.4, -0.2) is 34.7 Å². The maximum Gasteiger partial charge on any atom is 0.349 e. The second-order valence-electron chi connectivity index (χ2n) is 8.25. The van der Waals surface area contributed by atoms with E-state index in [0.29, 0.717) is 21.7 Å². The van der Waals surface area contributed by atoms with E-state index in [9.17, 15) is 19.5 Å². The molecule has 9 heteroatoms. The number of aliphatic carboxylic acids is 1. The highest BCUT2D eigenvalue weighted by atomic mass is 35.5. The number of thiophene rings is 1. The number of anilines is 1. The van der Waals surface area contributed by atoms with E-state index in [4.69, 9.17) is 21.4 Å². The number of carboxylic acid groups (broad SMARTS) is 2. The molecule has 3 rings (SSSR count). The SMILES string of the molecule is CC(C)(C)c1ccc(C(=O)Nc2ccc(-c3sc(C(=O)O)c(OCC(=O)O)c3Cl)cc2)cc1. The summed E-state index contributed by atoms with van der Waals surface area (Å²) in [4.78, 5) is 35.1. The number of hydrogen-bond donors (Lipinski definition) is 3. The lowest BCUT2D eigenvalue weighted by Gasteiger charge is -2.19.